The van der Waals surface area contributed by atoms with Gasteiger partial charge in [0.2, 0.25) is 5.91 Å². The Kier molecular flexibility index (Phi) is 3.33. The summed E-state index contributed by atoms with van der Waals surface area (Å²) in [6.45, 7) is 3.65. The molecule has 0 aromatic carbocycles. The van der Waals surface area contributed by atoms with E-state index in [2.05, 4.69) is 37.2 Å². The summed E-state index contributed by atoms with van der Waals surface area (Å²) in [5.41, 5.74) is 2.34. The Bertz CT molecular complexity index is 412. The molecular formula is C10H12Br2N2O. The number of carbonyl (C=O) groups excluding carboxylic acids is 1. The van der Waals surface area contributed by atoms with Gasteiger partial charge in [-0.3, -0.25) is 9.36 Å². The van der Waals surface area contributed by atoms with E-state index in [0.29, 0.717) is 6.42 Å². The Morgan fingerprint density at radius 3 is 2.93 bits per heavy atom. The zero-order valence-corrected chi connectivity index (χ0v) is 11.6. The predicted octanol–water partition coefficient (Wildman–Crippen LogP) is 2.71. The topological polar surface area (TPSA) is 34.0 Å². The minimum absolute atomic E-state index is 0.144. The van der Waals surface area contributed by atoms with Crippen molar-refractivity contribution < 1.29 is 4.79 Å². The van der Waals surface area contributed by atoms with Crippen LogP contribution >= 0.6 is 31.9 Å². The first-order valence-electron chi connectivity index (χ1n) is 4.98. The van der Waals surface area contributed by atoms with Crippen molar-refractivity contribution in [1.82, 2.24) is 9.88 Å². The lowest BCUT2D eigenvalue weighted by Gasteiger charge is -2.15. The molecule has 2 rings (SSSR count). The first-order chi connectivity index (χ1) is 7.16. The second-order valence-electron chi connectivity index (χ2n) is 3.54. The molecule has 15 heavy (non-hydrogen) atoms. The van der Waals surface area contributed by atoms with Crippen molar-refractivity contribution in [3.05, 3.63) is 20.3 Å². The molecule has 0 bridgehead atoms. The van der Waals surface area contributed by atoms with Crippen molar-refractivity contribution in [3.63, 3.8) is 0 Å². The van der Waals surface area contributed by atoms with Crippen LogP contribution in [0.25, 0.3) is 0 Å². The highest BCUT2D eigenvalue weighted by atomic mass is 79.9. The SMILES string of the molecule is CCC(=O)n1c(Br)c(Br)c2c1CCNC2. The Hall–Kier alpha value is -0.130. The van der Waals surface area contributed by atoms with E-state index in [1.165, 1.54) is 5.56 Å². The second-order valence-corrected chi connectivity index (χ2v) is 5.08. The number of carbonyl (C=O) groups is 1. The Balaban J connectivity index is 2.58. The first-order valence-corrected chi connectivity index (χ1v) is 6.56. The van der Waals surface area contributed by atoms with Crippen molar-refractivity contribution in [1.29, 1.82) is 0 Å². The highest BCUT2D eigenvalue weighted by Crippen LogP contribution is 2.34. The maximum Gasteiger partial charge on any atom is 0.231 e. The van der Waals surface area contributed by atoms with Gasteiger partial charge >= 0.3 is 0 Å². The van der Waals surface area contributed by atoms with Crippen molar-refractivity contribution in [2.45, 2.75) is 26.3 Å². The fourth-order valence-corrected chi connectivity index (χ4v) is 3.08. The molecule has 82 valence electrons. The van der Waals surface area contributed by atoms with Crippen LogP contribution < -0.4 is 5.32 Å². The smallest absolute Gasteiger partial charge is 0.231 e. The molecule has 0 unspecified atom stereocenters. The van der Waals surface area contributed by atoms with E-state index >= 15 is 0 Å². The van der Waals surface area contributed by atoms with Gasteiger partial charge in [-0.05, 0) is 31.9 Å². The zero-order chi connectivity index (χ0) is 11.0. The summed E-state index contributed by atoms with van der Waals surface area (Å²) in [4.78, 5) is 11.8. The van der Waals surface area contributed by atoms with E-state index in [9.17, 15) is 4.79 Å². The van der Waals surface area contributed by atoms with E-state index in [-0.39, 0.29) is 5.91 Å². The quantitative estimate of drug-likeness (QED) is 0.856. The van der Waals surface area contributed by atoms with Gasteiger partial charge < -0.3 is 5.32 Å². The third-order valence-electron chi connectivity index (χ3n) is 2.65. The predicted molar refractivity (Wildman–Crippen MR) is 66.2 cm³/mol. The number of nitrogens with zero attached hydrogens (tertiary/aromatic N) is 1. The summed E-state index contributed by atoms with van der Waals surface area (Å²) < 4.78 is 3.65. The van der Waals surface area contributed by atoms with Crippen LogP contribution in [-0.4, -0.2) is 17.0 Å². The zero-order valence-electron chi connectivity index (χ0n) is 8.44. The van der Waals surface area contributed by atoms with Crippen molar-refractivity contribution >= 4 is 37.8 Å². The van der Waals surface area contributed by atoms with Gasteiger partial charge in [0.1, 0.15) is 4.60 Å². The summed E-state index contributed by atoms with van der Waals surface area (Å²) in [6, 6.07) is 0. The van der Waals surface area contributed by atoms with Crippen LogP contribution in [0.5, 0.6) is 0 Å². The molecule has 0 saturated carbocycles. The number of rotatable bonds is 1. The normalized spacial score (nSPS) is 15.1. The Morgan fingerprint density at radius 2 is 2.27 bits per heavy atom. The lowest BCUT2D eigenvalue weighted by atomic mass is 10.1. The van der Waals surface area contributed by atoms with Crippen LogP contribution in [0.4, 0.5) is 0 Å². The molecule has 5 heteroatoms. The van der Waals surface area contributed by atoms with Gasteiger partial charge in [0, 0.05) is 37.2 Å². The minimum atomic E-state index is 0.144. The molecule has 0 saturated heterocycles. The van der Waals surface area contributed by atoms with Crippen molar-refractivity contribution in [2.24, 2.45) is 0 Å². The van der Waals surface area contributed by atoms with Crippen LogP contribution in [0.2, 0.25) is 0 Å². The van der Waals surface area contributed by atoms with Crippen LogP contribution in [0, 0.1) is 0 Å². The molecule has 0 radical (unpaired) electrons. The molecule has 3 nitrogen and oxygen atoms in total. The molecule has 0 atom stereocenters. The molecule has 0 amide bonds. The first kappa shape index (κ1) is 11.4. The van der Waals surface area contributed by atoms with Crippen molar-refractivity contribution in [3.8, 4) is 0 Å². The molecule has 0 spiro atoms. The number of hydrogen-bond acceptors (Lipinski definition) is 2. The lowest BCUT2D eigenvalue weighted by molar-refractivity contribution is 0.0903. The van der Waals surface area contributed by atoms with Crippen LogP contribution in [-0.2, 0) is 13.0 Å². The van der Waals surface area contributed by atoms with Gasteiger partial charge in [-0.25, -0.2) is 0 Å². The molecule has 0 fully saturated rings. The average molecular weight is 336 g/mol. The Morgan fingerprint density at radius 1 is 1.53 bits per heavy atom. The van der Waals surface area contributed by atoms with E-state index in [0.717, 1.165) is 34.3 Å². The number of halogens is 2. The number of fused-ring (bicyclic) bond motifs is 1. The third-order valence-corrected chi connectivity index (χ3v) is 4.79. The van der Waals surface area contributed by atoms with Crippen LogP contribution in [0.3, 0.4) is 0 Å². The number of hydrogen-bond donors (Lipinski definition) is 1. The number of nitrogens with one attached hydrogen (secondary N) is 1. The molecule has 0 aliphatic carbocycles. The van der Waals surface area contributed by atoms with E-state index < -0.39 is 0 Å². The summed E-state index contributed by atoms with van der Waals surface area (Å²) in [5, 5.41) is 3.30. The average Bonchev–Trinajstić information content (AvgIpc) is 2.52. The highest BCUT2D eigenvalue weighted by molar-refractivity contribution is 9.13. The van der Waals surface area contributed by atoms with E-state index in [1.54, 1.807) is 4.57 Å². The molecule has 2 heterocycles. The molecule has 1 aliphatic heterocycles. The molecule has 1 aliphatic rings. The Labute approximate surface area is 105 Å². The van der Waals surface area contributed by atoms with Gasteiger partial charge in [0.15, 0.2) is 0 Å². The fourth-order valence-electron chi connectivity index (χ4n) is 1.88. The summed E-state index contributed by atoms with van der Waals surface area (Å²) in [5.74, 6) is 0.144. The minimum Gasteiger partial charge on any atom is -0.312 e. The molecule has 1 aromatic rings. The molecule has 1 N–H and O–H groups in total. The summed E-state index contributed by atoms with van der Waals surface area (Å²) in [6.07, 6.45) is 1.44. The summed E-state index contributed by atoms with van der Waals surface area (Å²) in [7, 11) is 0. The summed E-state index contributed by atoms with van der Waals surface area (Å²) >= 11 is 6.99. The largest absolute Gasteiger partial charge is 0.312 e. The maximum atomic E-state index is 11.8. The fraction of sp³-hybridized carbons (Fsp3) is 0.500. The lowest BCUT2D eigenvalue weighted by Crippen LogP contribution is -2.26. The standard InChI is InChI=1S/C10H12Br2N2O/c1-2-8(15)14-7-3-4-13-5-6(7)9(11)10(14)12/h13H,2-5H2,1H3. The van der Waals surface area contributed by atoms with E-state index in [1.807, 2.05) is 6.92 Å². The highest BCUT2D eigenvalue weighted by Gasteiger charge is 2.24. The van der Waals surface area contributed by atoms with Gasteiger partial charge in [0.05, 0.1) is 4.47 Å². The van der Waals surface area contributed by atoms with E-state index in [4.69, 9.17) is 0 Å². The van der Waals surface area contributed by atoms with Crippen LogP contribution in [0.1, 0.15) is 29.4 Å². The third kappa shape index (κ3) is 1.81. The van der Waals surface area contributed by atoms with Gasteiger partial charge in [-0.15, -0.1) is 0 Å². The number of aromatic nitrogens is 1. The molecule has 1 aromatic heterocycles. The van der Waals surface area contributed by atoms with Gasteiger partial charge in [-0.1, -0.05) is 6.92 Å². The molecular weight excluding hydrogens is 324 g/mol. The monoisotopic (exact) mass is 334 g/mol. The maximum absolute atomic E-state index is 11.8. The van der Waals surface area contributed by atoms with Crippen LogP contribution in [0.15, 0.2) is 9.08 Å². The van der Waals surface area contributed by atoms with Gasteiger partial charge in [-0.2, -0.15) is 0 Å². The van der Waals surface area contributed by atoms with Gasteiger partial charge in [0.25, 0.3) is 0 Å². The van der Waals surface area contributed by atoms with Crippen molar-refractivity contribution in [2.75, 3.05) is 6.54 Å². The second kappa shape index (κ2) is 4.39.